The molecule has 0 saturated heterocycles. The standard InChI is InChI=1S/C14H20N2O3/c1-2-9-19-13-5-3-11(10-12(13)15)4-6-14(18)16-7-8-17/h3-6,10,17H,2,7-9,15H2,1H3,(H,16,18)/b6-4-. The highest BCUT2D eigenvalue weighted by Crippen LogP contribution is 2.23. The summed E-state index contributed by atoms with van der Waals surface area (Å²) in [6, 6.07) is 5.37. The Kier molecular flexibility index (Phi) is 6.46. The van der Waals surface area contributed by atoms with Crippen LogP contribution in [0.15, 0.2) is 24.3 Å². The van der Waals surface area contributed by atoms with Crippen LogP contribution in [0.2, 0.25) is 0 Å². The molecule has 0 radical (unpaired) electrons. The molecule has 0 aliphatic heterocycles. The van der Waals surface area contributed by atoms with Crippen molar-refractivity contribution in [1.29, 1.82) is 0 Å². The lowest BCUT2D eigenvalue weighted by Crippen LogP contribution is -2.24. The van der Waals surface area contributed by atoms with E-state index < -0.39 is 0 Å². The predicted octanol–water partition coefficient (Wildman–Crippen LogP) is 1.18. The second-order valence-electron chi connectivity index (χ2n) is 3.99. The number of ether oxygens (including phenoxy) is 1. The number of carbonyl (C=O) groups is 1. The van der Waals surface area contributed by atoms with Crippen LogP contribution in [0.5, 0.6) is 5.75 Å². The molecule has 0 fully saturated rings. The summed E-state index contributed by atoms with van der Waals surface area (Å²) in [6.45, 7) is 2.83. The number of nitrogen functional groups attached to an aromatic ring is 1. The van der Waals surface area contributed by atoms with Crippen molar-refractivity contribution in [3.05, 3.63) is 29.8 Å². The molecular formula is C14H20N2O3. The predicted molar refractivity (Wildman–Crippen MR) is 75.8 cm³/mol. The Bertz CT molecular complexity index is 444. The Morgan fingerprint density at radius 3 is 2.95 bits per heavy atom. The Hall–Kier alpha value is -2.01. The second kappa shape index (κ2) is 8.16. The van der Waals surface area contributed by atoms with E-state index in [0.29, 0.717) is 18.0 Å². The summed E-state index contributed by atoms with van der Waals surface area (Å²) in [5.74, 6) is 0.405. The van der Waals surface area contributed by atoms with Gasteiger partial charge in [-0.15, -0.1) is 0 Å². The highest BCUT2D eigenvalue weighted by molar-refractivity contribution is 5.91. The van der Waals surface area contributed by atoms with Gasteiger partial charge < -0.3 is 20.9 Å². The Morgan fingerprint density at radius 2 is 2.32 bits per heavy atom. The van der Waals surface area contributed by atoms with E-state index >= 15 is 0 Å². The lowest BCUT2D eigenvalue weighted by atomic mass is 10.1. The zero-order valence-corrected chi connectivity index (χ0v) is 11.1. The first-order valence-corrected chi connectivity index (χ1v) is 6.26. The van der Waals surface area contributed by atoms with Gasteiger partial charge in [0.1, 0.15) is 5.75 Å². The van der Waals surface area contributed by atoms with Gasteiger partial charge in [0.05, 0.1) is 18.9 Å². The first-order chi connectivity index (χ1) is 9.17. The molecule has 0 aromatic heterocycles. The fourth-order valence-corrected chi connectivity index (χ4v) is 1.42. The number of hydrogen-bond donors (Lipinski definition) is 3. The molecule has 0 heterocycles. The van der Waals surface area contributed by atoms with Gasteiger partial charge in [-0.1, -0.05) is 13.0 Å². The molecule has 1 aromatic carbocycles. The van der Waals surface area contributed by atoms with Gasteiger partial charge in [-0.25, -0.2) is 0 Å². The zero-order valence-electron chi connectivity index (χ0n) is 11.1. The van der Waals surface area contributed by atoms with Crippen LogP contribution in [0.1, 0.15) is 18.9 Å². The molecule has 5 heteroatoms. The number of anilines is 1. The molecule has 4 N–H and O–H groups in total. The number of aliphatic hydroxyl groups excluding tert-OH is 1. The lowest BCUT2D eigenvalue weighted by molar-refractivity contribution is -0.116. The van der Waals surface area contributed by atoms with Crippen LogP contribution in [0.4, 0.5) is 5.69 Å². The van der Waals surface area contributed by atoms with Gasteiger partial charge in [0.2, 0.25) is 5.91 Å². The van der Waals surface area contributed by atoms with Crippen molar-refractivity contribution in [2.75, 3.05) is 25.5 Å². The van der Waals surface area contributed by atoms with Crippen LogP contribution in [-0.4, -0.2) is 30.8 Å². The van der Waals surface area contributed by atoms with Crippen LogP contribution in [0, 0.1) is 0 Å². The molecule has 0 unspecified atom stereocenters. The minimum atomic E-state index is -0.251. The van der Waals surface area contributed by atoms with Gasteiger partial charge in [-0.05, 0) is 30.2 Å². The number of amides is 1. The van der Waals surface area contributed by atoms with Crippen LogP contribution >= 0.6 is 0 Å². The number of nitrogens with two attached hydrogens (primary N) is 1. The fraction of sp³-hybridized carbons (Fsp3) is 0.357. The molecule has 104 valence electrons. The number of nitrogens with one attached hydrogen (secondary N) is 1. The average Bonchev–Trinajstić information content (AvgIpc) is 2.41. The smallest absolute Gasteiger partial charge is 0.244 e. The quantitative estimate of drug-likeness (QED) is 0.510. The van der Waals surface area contributed by atoms with Crippen LogP contribution in [-0.2, 0) is 4.79 Å². The molecule has 1 rings (SSSR count). The molecule has 0 spiro atoms. The van der Waals surface area contributed by atoms with Crippen molar-refractivity contribution in [2.24, 2.45) is 0 Å². The van der Waals surface area contributed by atoms with Crippen LogP contribution in [0.3, 0.4) is 0 Å². The third-order valence-corrected chi connectivity index (χ3v) is 2.33. The number of rotatable bonds is 7. The Labute approximate surface area is 113 Å². The third-order valence-electron chi connectivity index (χ3n) is 2.33. The monoisotopic (exact) mass is 264 g/mol. The minimum Gasteiger partial charge on any atom is -0.491 e. The van der Waals surface area contributed by atoms with Gasteiger partial charge in [0, 0.05) is 12.6 Å². The van der Waals surface area contributed by atoms with E-state index in [1.807, 2.05) is 13.0 Å². The van der Waals surface area contributed by atoms with Gasteiger partial charge in [-0.3, -0.25) is 4.79 Å². The highest BCUT2D eigenvalue weighted by Gasteiger charge is 2.00. The summed E-state index contributed by atoms with van der Waals surface area (Å²) in [6.07, 6.45) is 3.98. The Morgan fingerprint density at radius 1 is 1.53 bits per heavy atom. The van der Waals surface area contributed by atoms with E-state index in [1.54, 1.807) is 18.2 Å². The highest BCUT2D eigenvalue weighted by atomic mass is 16.5. The number of aliphatic hydroxyl groups is 1. The first kappa shape index (κ1) is 15.0. The van der Waals surface area contributed by atoms with Crippen molar-refractivity contribution >= 4 is 17.7 Å². The van der Waals surface area contributed by atoms with Crippen molar-refractivity contribution < 1.29 is 14.6 Å². The van der Waals surface area contributed by atoms with Crippen LogP contribution < -0.4 is 15.8 Å². The maximum absolute atomic E-state index is 11.3. The molecule has 0 aliphatic rings. The largest absolute Gasteiger partial charge is 0.491 e. The SMILES string of the molecule is CCCOc1ccc(/C=C\C(=O)NCCO)cc1N. The first-order valence-electron chi connectivity index (χ1n) is 6.26. The average molecular weight is 264 g/mol. The molecule has 1 amide bonds. The molecule has 1 aromatic rings. The summed E-state index contributed by atoms with van der Waals surface area (Å²) in [5.41, 5.74) is 7.22. The summed E-state index contributed by atoms with van der Waals surface area (Å²) in [5, 5.41) is 11.1. The van der Waals surface area contributed by atoms with Crippen molar-refractivity contribution in [2.45, 2.75) is 13.3 Å². The molecule has 0 saturated carbocycles. The fourth-order valence-electron chi connectivity index (χ4n) is 1.42. The normalized spacial score (nSPS) is 10.6. The van der Waals surface area contributed by atoms with Crippen molar-refractivity contribution in [1.82, 2.24) is 5.32 Å². The number of benzene rings is 1. The molecule has 0 atom stereocenters. The van der Waals surface area contributed by atoms with Crippen LogP contribution in [0.25, 0.3) is 6.08 Å². The zero-order chi connectivity index (χ0) is 14.1. The van der Waals surface area contributed by atoms with Crippen molar-refractivity contribution in [3.8, 4) is 5.75 Å². The topological polar surface area (TPSA) is 84.6 Å². The number of hydrogen-bond acceptors (Lipinski definition) is 4. The summed E-state index contributed by atoms with van der Waals surface area (Å²) < 4.78 is 5.46. The van der Waals surface area contributed by atoms with E-state index in [1.165, 1.54) is 6.08 Å². The molecule has 5 nitrogen and oxygen atoms in total. The molecule has 0 aliphatic carbocycles. The summed E-state index contributed by atoms with van der Waals surface area (Å²) in [7, 11) is 0. The number of carbonyl (C=O) groups excluding carboxylic acids is 1. The Balaban J connectivity index is 2.62. The summed E-state index contributed by atoms with van der Waals surface area (Å²) >= 11 is 0. The van der Waals surface area contributed by atoms with E-state index in [4.69, 9.17) is 15.6 Å². The lowest BCUT2D eigenvalue weighted by Gasteiger charge is -2.08. The van der Waals surface area contributed by atoms with E-state index in [2.05, 4.69) is 5.32 Å². The van der Waals surface area contributed by atoms with Gasteiger partial charge in [0.25, 0.3) is 0 Å². The minimum absolute atomic E-state index is 0.0734. The van der Waals surface area contributed by atoms with Crippen molar-refractivity contribution in [3.63, 3.8) is 0 Å². The molecule has 0 bridgehead atoms. The van der Waals surface area contributed by atoms with Gasteiger partial charge in [0.15, 0.2) is 0 Å². The summed E-state index contributed by atoms with van der Waals surface area (Å²) in [4.78, 5) is 11.3. The van der Waals surface area contributed by atoms with E-state index in [-0.39, 0.29) is 19.1 Å². The van der Waals surface area contributed by atoms with E-state index in [0.717, 1.165) is 12.0 Å². The second-order valence-corrected chi connectivity index (χ2v) is 3.99. The molecule has 19 heavy (non-hydrogen) atoms. The third kappa shape index (κ3) is 5.44. The molecular weight excluding hydrogens is 244 g/mol. The maximum atomic E-state index is 11.3. The maximum Gasteiger partial charge on any atom is 0.244 e. The van der Waals surface area contributed by atoms with E-state index in [9.17, 15) is 4.79 Å². The van der Waals surface area contributed by atoms with Gasteiger partial charge in [-0.2, -0.15) is 0 Å². The van der Waals surface area contributed by atoms with Gasteiger partial charge >= 0.3 is 0 Å².